The molecule has 0 spiro atoms. The van der Waals surface area contributed by atoms with Crippen LogP contribution in [0.1, 0.15) is 29.2 Å². The fraction of sp³-hybridized carbons (Fsp3) is 0.333. The van der Waals surface area contributed by atoms with Crippen molar-refractivity contribution in [3.63, 3.8) is 0 Å². The second-order valence-corrected chi connectivity index (χ2v) is 5.36. The van der Waals surface area contributed by atoms with Gasteiger partial charge in [0.15, 0.2) is 0 Å². The molecule has 2 N–H and O–H groups in total. The van der Waals surface area contributed by atoms with Crippen LogP contribution in [-0.4, -0.2) is 7.05 Å². The van der Waals surface area contributed by atoms with Crippen molar-refractivity contribution >= 4 is 5.69 Å². The van der Waals surface area contributed by atoms with E-state index in [1.54, 1.807) is 0 Å². The van der Waals surface area contributed by atoms with Gasteiger partial charge < -0.3 is 10.6 Å². The first-order valence-corrected chi connectivity index (χ1v) is 7.22. The van der Waals surface area contributed by atoms with Crippen molar-refractivity contribution in [2.24, 2.45) is 5.73 Å². The van der Waals surface area contributed by atoms with E-state index in [0.717, 1.165) is 13.0 Å². The third kappa shape index (κ3) is 3.40. The summed E-state index contributed by atoms with van der Waals surface area (Å²) in [4.78, 5) is 2.27. The molecule has 2 aromatic carbocycles. The van der Waals surface area contributed by atoms with E-state index in [-0.39, 0.29) is 0 Å². The Hall–Kier alpha value is -1.80. The Morgan fingerprint density at radius 1 is 1.00 bits per heavy atom. The van der Waals surface area contributed by atoms with Crippen LogP contribution < -0.4 is 10.6 Å². The quantitative estimate of drug-likeness (QED) is 0.897. The molecule has 0 aliphatic rings. The van der Waals surface area contributed by atoms with Crippen molar-refractivity contribution in [3.05, 3.63) is 64.7 Å². The van der Waals surface area contributed by atoms with Crippen LogP contribution >= 0.6 is 0 Å². The minimum atomic E-state index is 0.578. The zero-order valence-electron chi connectivity index (χ0n) is 12.7. The molecule has 106 valence electrons. The maximum atomic E-state index is 5.84. The van der Waals surface area contributed by atoms with E-state index in [0.29, 0.717) is 6.54 Å². The summed E-state index contributed by atoms with van der Waals surface area (Å²) < 4.78 is 0. The minimum Gasteiger partial charge on any atom is -0.370 e. The maximum Gasteiger partial charge on any atom is 0.0426 e. The Bertz CT molecular complexity index is 558. The molecule has 0 heterocycles. The minimum absolute atomic E-state index is 0.578. The zero-order chi connectivity index (χ0) is 14.5. The Kier molecular flexibility index (Phi) is 4.80. The molecule has 0 saturated heterocycles. The largest absolute Gasteiger partial charge is 0.370 e. The lowest BCUT2D eigenvalue weighted by atomic mass is 10.1. The first-order chi connectivity index (χ1) is 9.63. The van der Waals surface area contributed by atoms with Gasteiger partial charge in [0.25, 0.3) is 0 Å². The van der Waals surface area contributed by atoms with E-state index in [1.807, 2.05) is 0 Å². The Balaban J connectivity index is 2.18. The zero-order valence-corrected chi connectivity index (χ0v) is 12.7. The fourth-order valence-electron chi connectivity index (χ4n) is 2.44. The molecule has 0 saturated carbocycles. The second-order valence-electron chi connectivity index (χ2n) is 5.36. The van der Waals surface area contributed by atoms with Gasteiger partial charge in [-0.2, -0.15) is 0 Å². The average molecular weight is 268 g/mol. The number of hydrogen-bond donors (Lipinski definition) is 1. The van der Waals surface area contributed by atoms with Gasteiger partial charge in [-0.3, -0.25) is 0 Å². The summed E-state index contributed by atoms with van der Waals surface area (Å²) in [6.07, 6.45) is 1.09. The molecule has 0 fully saturated rings. The molecule has 0 amide bonds. The molecule has 0 aromatic heterocycles. The van der Waals surface area contributed by atoms with Crippen LogP contribution in [0, 0.1) is 6.92 Å². The Morgan fingerprint density at radius 3 is 2.25 bits per heavy atom. The lowest BCUT2D eigenvalue weighted by molar-refractivity contribution is 0.901. The van der Waals surface area contributed by atoms with Gasteiger partial charge in [-0.25, -0.2) is 0 Å². The topological polar surface area (TPSA) is 29.3 Å². The van der Waals surface area contributed by atoms with Gasteiger partial charge in [0.1, 0.15) is 0 Å². The summed E-state index contributed by atoms with van der Waals surface area (Å²) in [5.74, 6) is 0. The predicted molar refractivity (Wildman–Crippen MR) is 87.0 cm³/mol. The average Bonchev–Trinajstić information content (AvgIpc) is 2.48. The van der Waals surface area contributed by atoms with Crippen molar-refractivity contribution in [1.82, 2.24) is 0 Å². The van der Waals surface area contributed by atoms with Gasteiger partial charge in [-0.1, -0.05) is 43.3 Å². The van der Waals surface area contributed by atoms with Crippen LogP contribution in [-0.2, 0) is 19.5 Å². The van der Waals surface area contributed by atoms with E-state index >= 15 is 0 Å². The molecule has 0 bridgehead atoms. The molecular weight excluding hydrogens is 244 g/mol. The van der Waals surface area contributed by atoms with Crippen LogP contribution in [0.4, 0.5) is 5.69 Å². The van der Waals surface area contributed by atoms with Crippen molar-refractivity contribution < 1.29 is 0 Å². The van der Waals surface area contributed by atoms with Crippen LogP contribution in [0.25, 0.3) is 0 Å². The monoisotopic (exact) mass is 268 g/mol. The summed E-state index contributed by atoms with van der Waals surface area (Å²) in [7, 11) is 2.13. The second kappa shape index (κ2) is 6.58. The van der Waals surface area contributed by atoms with Crippen molar-refractivity contribution in [2.75, 3.05) is 11.9 Å². The highest BCUT2D eigenvalue weighted by Gasteiger charge is 2.07. The summed E-state index contributed by atoms with van der Waals surface area (Å²) in [5, 5.41) is 0. The first-order valence-electron chi connectivity index (χ1n) is 7.22. The summed E-state index contributed by atoms with van der Waals surface area (Å²) >= 11 is 0. The lowest BCUT2D eigenvalue weighted by Gasteiger charge is -2.23. The molecule has 0 atom stereocenters. The van der Waals surface area contributed by atoms with Crippen molar-refractivity contribution in [1.29, 1.82) is 0 Å². The van der Waals surface area contributed by atoms with Gasteiger partial charge >= 0.3 is 0 Å². The van der Waals surface area contributed by atoms with E-state index in [4.69, 9.17) is 5.73 Å². The molecular formula is C18H24N2. The number of anilines is 1. The summed E-state index contributed by atoms with van der Waals surface area (Å²) in [5.41, 5.74) is 12.3. The Labute approximate surface area is 122 Å². The lowest BCUT2D eigenvalue weighted by Crippen LogP contribution is -2.19. The highest BCUT2D eigenvalue weighted by molar-refractivity contribution is 5.55. The van der Waals surface area contributed by atoms with Gasteiger partial charge in [-0.15, -0.1) is 0 Å². The molecule has 2 heteroatoms. The molecule has 2 nitrogen and oxygen atoms in total. The number of nitrogens with two attached hydrogens (primary N) is 1. The predicted octanol–water partition coefficient (Wildman–Crippen LogP) is 3.65. The molecule has 0 radical (unpaired) electrons. The van der Waals surface area contributed by atoms with Crippen LogP contribution in [0.3, 0.4) is 0 Å². The Morgan fingerprint density at radius 2 is 1.65 bits per heavy atom. The molecule has 20 heavy (non-hydrogen) atoms. The number of aryl methyl sites for hydroxylation is 2. The molecule has 0 aliphatic carbocycles. The van der Waals surface area contributed by atoms with Crippen LogP contribution in [0.5, 0.6) is 0 Å². The van der Waals surface area contributed by atoms with Gasteiger partial charge in [0, 0.05) is 25.8 Å². The molecule has 2 aromatic rings. The van der Waals surface area contributed by atoms with Crippen molar-refractivity contribution in [3.8, 4) is 0 Å². The normalized spacial score (nSPS) is 10.6. The van der Waals surface area contributed by atoms with E-state index in [2.05, 4.69) is 68.3 Å². The summed E-state index contributed by atoms with van der Waals surface area (Å²) in [6.45, 7) is 5.78. The standard InChI is InChI=1S/C18H24N2/c1-4-15-6-8-16(9-7-15)13-20(3)18-11-14(2)5-10-17(18)12-19/h5-11H,4,12-13,19H2,1-3H3. The number of nitrogens with zero attached hydrogens (tertiary/aromatic N) is 1. The highest BCUT2D eigenvalue weighted by Crippen LogP contribution is 2.22. The molecule has 2 rings (SSSR count). The van der Waals surface area contributed by atoms with E-state index in [9.17, 15) is 0 Å². The number of hydrogen-bond acceptors (Lipinski definition) is 2. The maximum absolute atomic E-state index is 5.84. The third-order valence-corrected chi connectivity index (χ3v) is 3.72. The smallest absolute Gasteiger partial charge is 0.0426 e. The van der Waals surface area contributed by atoms with Crippen LogP contribution in [0.15, 0.2) is 42.5 Å². The first kappa shape index (κ1) is 14.6. The van der Waals surface area contributed by atoms with E-state index in [1.165, 1.54) is 27.9 Å². The van der Waals surface area contributed by atoms with Gasteiger partial charge in [-0.05, 0) is 41.7 Å². The third-order valence-electron chi connectivity index (χ3n) is 3.72. The number of benzene rings is 2. The van der Waals surface area contributed by atoms with E-state index < -0.39 is 0 Å². The highest BCUT2D eigenvalue weighted by atomic mass is 15.1. The van der Waals surface area contributed by atoms with Gasteiger partial charge in [0.05, 0.1) is 0 Å². The molecule has 0 unspecified atom stereocenters. The summed E-state index contributed by atoms with van der Waals surface area (Å²) in [6, 6.07) is 15.3. The number of rotatable bonds is 5. The van der Waals surface area contributed by atoms with Crippen molar-refractivity contribution in [2.45, 2.75) is 33.4 Å². The molecule has 0 aliphatic heterocycles. The SMILES string of the molecule is CCc1ccc(CN(C)c2cc(C)ccc2CN)cc1. The van der Waals surface area contributed by atoms with Gasteiger partial charge in [0.2, 0.25) is 0 Å². The fourth-order valence-corrected chi connectivity index (χ4v) is 2.44. The van der Waals surface area contributed by atoms with Crippen LogP contribution in [0.2, 0.25) is 0 Å².